The van der Waals surface area contributed by atoms with Gasteiger partial charge in [-0.3, -0.25) is 4.79 Å². The average Bonchev–Trinajstić information content (AvgIpc) is 2.17. The number of amides is 1. The summed E-state index contributed by atoms with van der Waals surface area (Å²) in [6.07, 6.45) is 0. The highest BCUT2D eigenvalue weighted by atomic mass is 16.3. The molecule has 0 bridgehead atoms. The lowest BCUT2D eigenvalue weighted by Gasteiger charge is -2.05. The van der Waals surface area contributed by atoms with E-state index in [9.17, 15) is 4.79 Å². The maximum absolute atomic E-state index is 11.4. The van der Waals surface area contributed by atoms with Crippen molar-refractivity contribution in [1.82, 2.24) is 5.32 Å². The van der Waals surface area contributed by atoms with Gasteiger partial charge in [-0.05, 0) is 25.1 Å². The van der Waals surface area contributed by atoms with E-state index in [1.165, 1.54) is 12.1 Å². The number of rotatable bonds is 2. The fourth-order valence-corrected chi connectivity index (χ4v) is 0.959. The number of carbonyl (C=O) groups excluding carboxylic acids is 1. The summed E-state index contributed by atoms with van der Waals surface area (Å²) in [5, 5.41) is 20.0. The van der Waals surface area contributed by atoms with Crippen molar-refractivity contribution >= 4 is 5.91 Å². The highest BCUT2D eigenvalue weighted by Crippen LogP contribution is 2.10. The summed E-state index contributed by atoms with van der Waals surface area (Å²) >= 11 is 0. The smallest absolute Gasteiger partial charge is 0.252 e. The van der Waals surface area contributed by atoms with Crippen molar-refractivity contribution in [3.8, 4) is 11.8 Å². The van der Waals surface area contributed by atoms with Gasteiger partial charge in [0.15, 0.2) is 0 Å². The van der Waals surface area contributed by atoms with Crippen molar-refractivity contribution in [2.75, 3.05) is 0 Å². The molecular formula is C10H10N2O2. The molecule has 4 nitrogen and oxygen atoms in total. The van der Waals surface area contributed by atoms with E-state index in [1.807, 2.05) is 6.07 Å². The lowest BCUT2D eigenvalue weighted by Crippen LogP contribution is -2.31. The molecule has 1 unspecified atom stereocenters. The molecule has 4 heteroatoms. The van der Waals surface area contributed by atoms with E-state index in [4.69, 9.17) is 10.4 Å². The van der Waals surface area contributed by atoms with E-state index < -0.39 is 6.04 Å². The first kappa shape index (κ1) is 10.1. The van der Waals surface area contributed by atoms with Gasteiger partial charge in [0, 0.05) is 5.56 Å². The lowest BCUT2D eigenvalue weighted by atomic mass is 10.2. The molecule has 0 spiro atoms. The molecule has 0 aliphatic heterocycles. The molecule has 0 aliphatic carbocycles. The van der Waals surface area contributed by atoms with Crippen LogP contribution in [0, 0.1) is 11.3 Å². The zero-order valence-electron chi connectivity index (χ0n) is 7.69. The molecule has 1 aromatic rings. The van der Waals surface area contributed by atoms with Crippen LogP contribution in [-0.2, 0) is 0 Å². The predicted molar refractivity (Wildman–Crippen MR) is 50.6 cm³/mol. The predicted octanol–water partition coefficient (Wildman–Crippen LogP) is 1.03. The molecule has 0 aromatic heterocycles. The van der Waals surface area contributed by atoms with Crippen LogP contribution in [0.4, 0.5) is 0 Å². The fraction of sp³-hybridized carbons (Fsp3) is 0.200. The summed E-state index contributed by atoms with van der Waals surface area (Å²) in [5.74, 6) is -0.336. The van der Waals surface area contributed by atoms with E-state index in [0.29, 0.717) is 5.56 Å². The van der Waals surface area contributed by atoms with E-state index in [0.717, 1.165) is 0 Å². The average molecular weight is 190 g/mol. The van der Waals surface area contributed by atoms with Gasteiger partial charge in [-0.25, -0.2) is 0 Å². The minimum Gasteiger partial charge on any atom is -0.508 e. The first-order valence-electron chi connectivity index (χ1n) is 4.13. The number of hydrogen-bond acceptors (Lipinski definition) is 3. The molecule has 0 fully saturated rings. The third-order valence-electron chi connectivity index (χ3n) is 1.65. The van der Waals surface area contributed by atoms with Crippen LogP contribution in [0.1, 0.15) is 17.3 Å². The second kappa shape index (κ2) is 4.28. The first-order valence-corrected chi connectivity index (χ1v) is 4.13. The minimum atomic E-state index is -0.537. The molecule has 0 radical (unpaired) electrons. The number of hydrogen-bond donors (Lipinski definition) is 2. The Bertz CT molecular complexity index is 382. The third-order valence-corrected chi connectivity index (χ3v) is 1.65. The van der Waals surface area contributed by atoms with Gasteiger partial charge < -0.3 is 10.4 Å². The topological polar surface area (TPSA) is 73.1 Å². The van der Waals surface area contributed by atoms with Crippen molar-refractivity contribution in [3.63, 3.8) is 0 Å². The Kier molecular flexibility index (Phi) is 3.08. The maximum Gasteiger partial charge on any atom is 0.252 e. The highest BCUT2D eigenvalue weighted by molar-refractivity contribution is 5.94. The van der Waals surface area contributed by atoms with Gasteiger partial charge in [-0.15, -0.1) is 0 Å². The van der Waals surface area contributed by atoms with Crippen molar-refractivity contribution in [1.29, 1.82) is 5.26 Å². The number of carbonyl (C=O) groups is 1. The first-order chi connectivity index (χ1) is 6.63. The van der Waals surface area contributed by atoms with Gasteiger partial charge >= 0.3 is 0 Å². The number of nitrogens with one attached hydrogen (secondary N) is 1. The number of nitrogens with zero attached hydrogens (tertiary/aromatic N) is 1. The van der Waals surface area contributed by atoms with Gasteiger partial charge in [0.2, 0.25) is 0 Å². The fourth-order valence-electron chi connectivity index (χ4n) is 0.959. The Labute approximate surface area is 81.8 Å². The second-order valence-corrected chi connectivity index (χ2v) is 2.87. The molecule has 0 heterocycles. The Morgan fingerprint density at radius 2 is 2.36 bits per heavy atom. The maximum atomic E-state index is 11.4. The Balaban J connectivity index is 2.76. The molecular weight excluding hydrogens is 180 g/mol. The van der Waals surface area contributed by atoms with E-state index in [1.54, 1.807) is 19.1 Å². The zero-order valence-corrected chi connectivity index (χ0v) is 7.69. The molecule has 14 heavy (non-hydrogen) atoms. The SMILES string of the molecule is CC(C#N)NC(=O)c1cccc(O)c1. The number of aromatic hydroxyl groups is 1. The molecule has 0 aliphatic rings. The summed E-state index contributed by atoms with van der Waals surface area (Å²) in [5.41, 5.74) is 0.340. The van der Waals surface area contributed by atoms with Gasteiger partial charge in [-0.2, -0.15) is 5.26 Å². The van der Waals surface area contributed by atoms with Crippen LogP contribution < -0.4 is 5.32 Å². The third kappa shape index (κ3) is 2.49. The molecule has 1 atom stereocenters. The van der Waals surface area contributed by atoms with E-state index >= 15 is 0 Å². The van der Waals surface area contributed by atoms with Crippen molar-refractivity contribution in [2.45, 2.75) is 13.0 Å². The zero-order chi connectivity index (χ0) is 10.6. The van der Waals surface area contributed by atoms with Crippen LogP contribution in [0.3, 0.4) is 0 Å². The van der Waals surface area contributed by atoms with E-state index in [2.05, 4.69) is 5.32 Å². The summed E-state index contributed by atoms with van der Waals surface area (Å²) < 4.78 is 0. The lowest BCUT2D eigenvalue weighted by molar-refractivity contribution is 0.0947. The summed E-state index contributed by atoms with van der Waals surface area (Å²) in [6, 6.07) is 7.31. The molecule has 1 aromatic carbocycles. The van der Waals surface area contributed by atoms with Crippen LogP contribution in [-0.4, -0.2) is 17.1 Å². The van der Waals surface area contributed by atoms with Crippen LogP contribution in [0.25, 0.3) is 0 Å². The summed E-state index contributed by atoms with van der Waals surface area (Å²) in [6.45, 7) is 1.58. The van der Waals surface area contributed by atoms with Crippen molar-refractivity contribution in [2.24, 2.45) is 0 Å². The molecule has 1 amide bonds. The molecule has 72 valence electrons. The van der Waals surface area contributed by atoms with Crippen LogP contribution in [0.5, 0.6) is 5.75 Å². The number of phenolic OH excluding ortho intramolecular Hbond substituents is 1. The van der Waals surface area contributed by atoms with Crippen LogP contribution >= 0.6 is 0 Å². The Hall–Kier alpha value is -2.02. The highest BCUT2D eigenvalue weighted by Gasteiger charge is 2.08. The van der Waals surface area contributed by atoms with E-state index in [-0.39, 0.29) is 11.7 Å². The normalized spacial score (nSPS) is 11.4. The van der Waals surface area contributed by atoms with Gasteiger partial charge in [0.25, 0.3) is 5.91 Å². The Morgan fingerprint density at radius 1 is 1.64 bits per heavy atom. The van der Waals surface area contributed by atoms with Crippen molar-refractivity contribution < 1.29 is 9.90 Å². The number of benzene rings is 1. The minimum absolute atomic E-state index is 0.0299. The number of nitriles is 1. The summed E-state index contributed by atoms with van der Waals surface area (Å²) in [7, 11) is 0. The van der Waals surface area contributed by atoms with Gasteiger partial charge in [0.1, 0.15) is 11.8 Å². The van der Waals surface area contributed by atoms with Crippen LogP contribution in [0.15, 0.2) is 24.3 Å². The molecule has 0 saturated carbocycles. The largest absolute Gasteiger partial charge is 0.508 e. The quantitative estimate of drug-likeness (QED) is 0.731. The van der Waals surface area contributed by atoms with Crippen molar-refractivity contribution in [3.05, 3.63) is 29.8 Å². The number of phenols is 1. The second-order valence-electron chi connectivity index (χ2n) is 2.87. The monoisotopic (exact) mass is 190 g/mol. The summed E-state index contributed by atoms with van der Waals surface area (Å²) in [4.78, 5) is 11.4. The Morgan fingerprint density at radius 3 is 2.93 bits per heavy atom. The standard InChI is InChI=1S/C10H10N2O2/c1-7(6-11)12-10(14)8-3-2-4-9(13)5-8/h2-5,7,13H,1H3,(H,12,14). The van der Waals surface area contributed by atoms with Gasteiger partial charge in [-0.1, -0.05) is 6.07 Å². The van der Waals surface area contributed by atoms with Crippen LogP contribution in [0.2, 0.25) is 0 Å². The molecule has 1 rings (SSSR count). The molecule has 2 N–H and O–H groups in total. The molecule has 0 saturated heterocycles. The van der Waals surface area contributed by atoms with Gasteiger partial charge in [0.05, 0.1) is 6.07 Å².